The van der Waals surface area contributed by atoms with Crippen molar-refractivity contribution >= 4 is 10.0 Å². The van der Waals surface area contributed by atoms with Crippen LogP contribution in [0.5, 0.6) is 0 Å². The van der Waals surface area contributed by atoms with Crippen molar-refractivity contribution in [3.8, 4) is 0 Å². The average Bonchev–Trinajstić information content (AvgIpc) is 2.78. The average molecular weight is 305 g/mol. The SMILES string of the molecule is O=S(=O)(Cc1c(F)cccc1F)NCC1CCCC1O. The molecule has 7 heteroatoms. The van der Waals surface area contributed by atoms with Crippen molar-refractivity contribution in [3.05, 3.63) is 35.4 Å². The van der Waals surface area contributed by atoms with Gasteiger partial charge in [0.1, 0.15) is 11.6 Å². The molecule has 0 spiro atoms. The summed E-state index contributed by atoms with van der Waals surface area (Å²) in [5, 5.41) is 9.61. The minimum absolute atomic E-state index is 0.0968. The van der Waals surface area contributed by atoms with Crippen LogP contribution in [0, 0.1) is 17.6 Å². The fraction of sp³-hybridized carbons (Fsp3) is 0.538. The van der Waals surface area contributed by atoms with Crippen LogP contribution in [0.2, 0.25) is 0 Å². The smallest absolute Gasteiger partial charge is 0.216 e. The quantitative estimate of drug-likeness (QED) is 0.867. The molecular weight excluding hydrogens is 288 g/mol. The molecule has 2 atom stereocenters. The highest BCUT2D eigenvalue weighted by Crippen LogP contribution is 2.25. The van der Waals surface area contributed by atoms with Crippen LogP contribution in [0.15, 0.2) is 18.2 Å². The molecule has 0 saturated heterocycles. The first kappa shape index (κ1) is 15.3. The van der Waals surface area contributed by atoms with Crippen molar-refractivity contribution in [3.63, 3.8) is 0 Å². The summed E-state index contributed by atoms with van der Waals surface area (Å²) in [5.74, 6) is -2.63. The van der Waals surface area contributed by atoms with Gasteiger partial charge in [-0.05, 0) is 30.9 Å². The molecule has 0 heterocycles. The number of hydrogen-bond acceptors (Lipinski definition) is 3. The first-order valence-electron chi connectivity index (χ1n) is 6.47. The first-order valence-corrected chi connectivity index (χ1v) is 8.12. The number of benzene rings is 1. The molecular formula is C13H17F2NO3S. The van der Waals surface area contributed by atoms with E-state index in [0.717, 1.165) is 25.0 Å². The van der Waals surface area contributed by atoms with Crippen LogP contribution < -0.4 is 4.72 Å². The van der Waals surface area contributed by atoms with Crippen molar-refractivity contribution in [2.75, 3.05) is 6.54 Å². The summed E-state index contributed by atoms with van der Waals surface area (Å²) >= 11 is 0. The monoisotopic (exact) mass is 305 g/mol. The number of halogens is 2. The number of sulfonamides is 1. The van der Waals surface area contributed by atoms with E-state index in [1.54, 1.807) is 0 Å². The maximum Gasteiger partial charge on any atom is 0.216 e. The summed E-state index contributed by atoms with van der Waals surface area (Å²) in [6, 6.07) is 3.23. The Balaban J connectivity index is 2.00. The summed E-state index contributed by atoms with van der Waals surface area (Å²) < 4.78 is 52.8. The molecule has 112 valence electrons. The van der Waals surface area contributed by atoms with E-state index in [9.17, 15) is 22.3 Å². The predicted octanol–water partition coefficient (Wildman–Crippen LogP) is 1.55. The predicted molar refractivity (Wildman–Crippen MR) is 70.3 cm³/mol. The molecule has 1 fully saturated rings. The fourth-order valence-corrected chi connectivity index (χ4v) is 3.63. The fourth-order valence-electron chi connectivity index (χ4n) is 2.40. The highest BCUT2D eigenvalue weighted by Gasteiger charge is 2.27. The lowest BCUT2D eigenvalue weighted by Gasteiger charge is -2.15. The molecule has 1 aromatic carbocycles. The van der Waals surface area contributed by atoms with Gasteiger partial charge in [-0.25, -0.2) is 21.9 Å². The Hall–Kier alpha value is -1.05. The molecule has 2 unspecified atom stereocenters. The normalized spacial score (nSPS) is 23.1. The maximum absolute atomic E-state index is 13.4. The third-order valence-corrected chi connectivity index (χ3v) is 4.86. The van der Waals surface area contributed by atoms with Crippen molar-refractivity contribution in [1.82, 2.24) is 4.72 Å². The second kappa shape index (κ2) is 6.15. The molecule has 4 nitrogen and oxygen atoms in total. The second-order valence-corrected chi connectivity index (χ2v) is 6.87. The zero-order chi connectivity index (χ0) is 14.8. The standard InChI is InChI=1S/C13H17F2NO3S/c14-11-4-2-5-12(15)10(11)8-20(18,19)16-7-9-3-1-6-13(9)17/h2,4-5,9,13,16-17H,1,3,6-8H2. The van der Waals surface area contributed by atoms with Crippen molar-refractivity contribution in [2.24, 2.45) is 5.92 Å². The highest BCUT2D eigenvalue weighted by molar-refractivity contribution is 7.88. The summed E-state index contributed by atoms with van der Waals surface area (Å²) in [5.41, 5.74) is -0.466. The second-order valence-electron chi connectivity index (χ2n) is 5.07. The maximum atomic E-state index is 13.4. The van der Waals surface area contributed by atoms with Crippen LogP contribution in [0.3, 0.4) is 0 Å². The Labute approximate surface area is 116 Å². The number of rotatable bonds is 5. The lowest BCUT2D eigenvalue weighted by atomic mass is 10.1. The molecule has 1 saturated carbocycles. The van der Waals surface area contributed by atoms with Crippen LogP contribution >= 0.6 is 0 Å². The van der Waals surface area contributed by atoms with E-state index in [4.69, 9.17) is 0 Å². The van der Waals surface area contributed by atoms with Crippen molar-refractivity contribution in [1.29, 1.82) is 0 Å². The Bertz CT molecular complexity index is 557. The van der Waals surface area contributed by atoms with Crippen LogP contribution in [0.4, 0.5) is 8.78 Å². The topological polar surface area (TPSA) is 66.4 Å². The number of aliphatic hydroxyl groups is 1. The van der Waals surface area contributed by atoms with Crippen LogP contribution in [0.1, 0.15) is 24.8 Å². The van der Waals surface area contributed by atoms with Gasteiger partial charge in [-0.15, -0.1) is 0 Å². The zero-order valence-electron chi connectivity index (χ0n) is 10.9. The number of nitrogens with one attached hydrogen (secondary N) is 1. The van der Waals surface area contributed by atoms with Gasteiger partial charge in [0.15, 0.2) is 0 Å². The van der Waals surface area contributed by atoms with Crippen LogP contribution in [-0.2, 0) is 15.8 Å². The molecule has 1 aliphatic carbocycles. The molecule has 0 radical (unpaired) electrons. The summed E-state index contributed by atoms with van der Waals surface area (Å²) in [6.07, 6.45) is 1.75. The molecule has 0 amide bonds. The van der Waals surface area contributed by atoms with E-state index < -0.39 is 39.1 Å². The minimum atomic E-state index is -3.83. The largest absolute Gasteiger partial charge is 0.393 e. The Morgan fingerprint density at radius 2 is 1.90 bits per heavy atom. The molecule has 1 aromatic rings. The van der Waals surface area contributed by atoms with Gasteiger partial charge in [0, 0.05) is 12.1 Å². The Morgan fingerprint density at radius 1 is 1.25 bits per heavy atom. The molecule has 2 N–H and O–H groups in total. The van der Waals surface area contributed by atoms with Gasteiger partial charge in [0.2, 0.25) is 10.0 Å². The third-order valence-electron chi connectivity index (χ3n) is 3.58. The lowest BCUT2D eigenvalue weighted by molar-refractivity contribution is 0.134. The molecule has 2 rings (SSSR count). The Kier molecular flexibility index (Phi) is 4.72. The van der Waals surface area contributed by atoms with Crippen molar-refractivity contribution in [2.45, 2.75) is 31.1 Å². The Morgan fingerprint density at radius 3 is 2.45 bits per heavy atom. The minimum Gasteiger partial charge on any atom is -0.393 e. The lowest BCUT2D eigenvalue weighted by Crippen LogP contribution is -2.33. The third kappa shape index (κ3) is 3.74. The van der Waals surface area contributed by atoms with Gasteiger partial charge in [-0.1, -0.05) is 12.5 Å². The zero-order valence-corrected chi connectivity index (χ0v) is 11.7. The van der Waals surface area contributed by atoms with Crippen LogP contribution in [0.25, 0.3) is 0 Å². The summed E-state index contributed by atoms with van der Waals surface area (Å²) in [6.45, 7) is 0.0968. The van der Waals surface area contributed by atoms with Crippen molar-refractivity contribution < 1.29 is 22.3 Å². The van der Waals surface area contributed by atoms with E-state index in [0.29, 0.717) is 6.42 Å². The van der Waals surface area contributed by atoms with E-state index in [1.807, 2.05) is 0 Å². The number of hydrogen-bond donors (Lipinski definition) is 2. The highest BCUT2D eigenvalue weighted by atomic mass is 32.2. The number of aliphatic hydroxyl groups excluding tert-OH is 1. The molecule has 0 aromatic heterocycles. The van der Waals surface area contributed by atoms with Gasteiger partial charge >= 0.3 is 0 Å². The molecule has 1 aliphatic rings. The summed E-state index contributed by atoms with van der Waals surface area (Å²) in [4.78, 5) is 0. The van der Waals surface area contributed by atoms with Crippen LogP contribution in [-0.4, -0.2) is 26.2 Å². The van der Waals surface area contributed by atoms with Gasteiger partial charge in [-0.2, -0.15) is 0 Å². The first-order chi connectivity index (χ1) is 9.39. The van der Waals surface area contributed by atoms with Gasteiger partial charge in [-0.3, -0.25) is 0 Å². The van der Waals surface area contributed by atoms with E-state index in [2.05, 4.69) is 4.72 Å². The van der Waals surface area contributed by atoms with Gasteiger partial charge in [0.25, 0.3) is 0 Å². The molecule has 0 aliphatic heterocycles. The summed E-state index contributed by atoms with van der Waals surface area (Å²) in [7, 11) is -3.83. The molecule has 0 bridgehead atoms. The van der Waals surface area contributed by atoms with E-state index in [-0.39, 0.29) is 12.5 Å². The molecule has 20 heavy (non-hydrogen) atoms. The van der Waals surface area contributed by atoms with E-state index >= 15 is 0 Å². The van der Waals surface area contributed by atoms with E-state index in [1.165, 1.54) is 6.07 Å². The van der Waals surface area contributed by atoms with Gasteiger partial charge in [0.05, 0.1) is 11.9 Å². The van der Waals surface area contributed by atoms with Gasteiger partial charge < -0.3 is 5.11 Å².